The molecule has 1 aromatic heterocycles. The predicted octanol–water partition coefficient (Wildman–Crippen LogP) is 2.55. The van der Waals surface area contributed by atoms with Gasteiger partial charge in [0.25, 0.3) is 0 Å². The molecule has 1 heterocycles. The van der Waals surface area contributed by atoms with Crippen LogP contribution in [0.25, 0.3) is 0 Å². The minimum atomic E-state index is -0.911. The van der Waals surface area contributed by atoms with E-state index in [9.17, 15) is 9.59 Å². The van der Waals surface area contributed by atoms with Gasteiger partial charge in [-0.2, -0.15) is 0 Å². The minimum absolute atomic E-state index is 0.146. The van der Waals surface area contributed by atoms with E-state index in [1.807, 2.05) is 11.8 Å². The maximum atomic E-state index is 12.0. The summed E-state index contributed by atoms with van der Waals surface area (Å²) < 4.78 is 0. The van der Waals surface area contributed by atoms with Crippen LogP contribution in [0.5, 0.6) is 0 Å². The van der Waals surface area contributed by atoms with Gasteiger partial charge < -0.3 is 10.0 Å². The van der Waals surface area contributed by atoms with Gasteiger partial charge in [0, 0.05) is 22.9 Å². The van der Waals surface area contributed by atoms with Crippen molar-refractivity contribution >= 4 is 35.0 Å². The SMILES string of the molecule is CCN(C(=O)CSc1csc(C(=O)O)c1)C1CC1. The van der Waals surface area contributed by atoms with E-state index in [1.54, 1.807) is 11.4 Å². The Labute approximate surface area is 114 Å². The Balaban J connectivity index is 1.86. The van der Waals surface area contributed by atoms with Crippen molar-refractivity contribution in [2.24, 2.45) is 0 Å². The maximum absolute atomic E-state index is 12.0. The highest BCUT2D eigenvalue weighted by atomic mass is 32.2. The summed E-state index contributed by atoms with van der Waals surface area (Å²) in [6.07, 6.45) is 2.23. The molecule has 0 bridgehead atoms. The number of carboxylic acid groups (broad SMARTS) is 1. The number of hydrogen-bond acceptors (Lipinski definition) is 4. The summed E-state index contributed by atoms with van der Waals surface area (Å²) in [4.78, 5) is 25.8. The van der Waals surface area contributed by atoms with Gasteiger partial charge in [-0.1, -0.05) is 0 Å². The van der Waals surface area contributed by atoms with Gasteiger partial charge in [0.15, 0.2) is 0 Å². The van der Waals surface area contributed by atoms with Gasteiger partial charge in [-0.15, -0.1) is 23.1 Å². The number of thioether (sulfide) groups is 1. The summed E-state index contributed by atoms with van der Waals surface area (Å²) in [6, 6.07) is 2.07. The van der Waals surface area contributed by atoms with Gasteiger partial charge in [0.1, 0.15) is 4.88 Å². The molecule has 1 amide bonds. The summed E-state index contributed by atoms with van der Waals surface area (Å²) in [5.41, 5.74) is 0. The lowest BCUT2D eigenvalue weighted by atomic mass is 10.4. The molecule has 4 nitrogen and oxygen atoms in total. The number of rotatable bonds is 6. The first-order chi connectivity index (χ1) is 8.61. The zero-order valence-electron chi connectivity index (χ0n) is 10.1. The van der Waals surface area contributed by atoms with Crippen LogP contribution in [0, 0.1) is 0 Å². The molecule has 0 radical (unpaired) electrons. The van der Waals surface area contributed by atoms with Crippen molar-refractivity contribution in [1.82, 2.24) is 4.90 Å². The highest BCUT2D eigenvalue weighted by Gasteiger charge is 2.31. The summed E-state index contributed by atoms with van der Waals surface area (Å²) in [6.45, 7) is 2.75. The standard InChI is InChI=1S/C12H15NO3S2/c1-2-13(8-3-4-8)11(14)7-17-9-5-10(12(15)16)18-6-9/h5-6,8H,2-4,7H2,1H3,(H,15,16). The normalized spacial score (nSPS) is 14.5. The lowest BCUT2D eigenvalue weighted by molar-refractivity contribution is -0.128. The third-order valence-corrected chi connectivity index (χ3v) is 4.82. The van der Waals surface area contributed by atoms with Crippen molar-refractivity contribution in [3.63, 3.8) is 0 Å². The largest absolute Gasteiger partial charge is 0.477 e. The van der Waals surface area contributed by atoms with E-state index in [0.29, 0.717) is 16.7 Å². The molecule has 1 fully saturated rings. The van der Waals surface area contributed by atoms with Crippen LogP contribution in [0.2, 0.25) is 0 Å². The quantitative estimate of drug-likeness (QED) is 0.816. The molecule has 18 heavy (non-hydrogen) atoms. The predicted molar refractivity (Wildman–Crippen MR) is 72.4 cm³/mol. The molecule has 0 atom stereocenters. The smallest absolute Gasteiger partial charge is 0.345 e. The zero-order chi connectivity index (χ0) is 13.1. The van der Waals surface area contributed by atoms with E-state index in [4.69, 9.17) is 5.11 Å². The molecule has 1 N–H and O–H groups in total. The number of carbonyl (C=O) groups excluding carboxylic acids is 1. The van der Waals surface area contributed by atoms with Crippen LogP contribution >= 0.6 is 23.1 Å². The van der Waals surface area contributed by atoms with Crippen LogP contribution in [0.1, 0.15) is 29.4 Å². The van der Waals surface area contributed by atoms with E-state index in [1.165, 1.54) is 23.1 Å². The van der Waals surface area contributed by atoms with Gasteiger partial charge in [-0.3, -0.25) is 4.79 Å². The highest BCUT2D eigenvalue weighted by Crippen LogP contribution is 2.29. The molecule has 1 aliphatic rings. The number of nitrogens with zero attached hydrogens (tertiary/aromatic N) is 1. The molecule has 1 aliphatic carbocycles. The van der Waals surface area contributed by atoms with Crippen LogP contribution in [-0.4, -0.2) is 40.2 Å². The second-order valence-corrected chi connectivity index (χ2v) is 6.11. The Hall–Kier alpha value is -1.01. The zero-order valence-corrected chi connectivity index (χ0v) is 11.7. The van der Waals surface area contributed by atoms with E-state index in [2.05, 4.69) is 0 Å². The summed E-state index contributed by atoms with van der Waals surface area (Å²) in [5, 5.41) is 10.6. The minimum Gasteiger partial charge on any atom is -0.477 e. The second kappa shape index (κ2) is 5.75. The molecule has 0 aromatic carbocycles. The molecular formula is C12H15NO3S2. The molecule has 0 aliphatic heterocycles. The molecule has 0 unspecified atom stereocenters. The van der Waals surface area contributed by atoms with Crippen LogP contribution in [-0.2, 0) is 4.79 Å². The Morgan fingerprint density at radius 1 is 1.56 bits per heavy atom. The van der Waals surface area contributed by atoms with E-state index >= 15 is 0 Å². The summed E-state index contributed by atoms with van der Waals surface area (Å²) in [7, 11) is 0. The molecule has 6 heteroatoms. The molecule has 1 aromatic rings. The lowest BCUT2D eigenvalue weighted by Gasteiger charge is -2.19. The fourth-order valence-corrected chi connectivity index (χ4v) is 3.51. The van der Waals surface area contributed by atoms with Crippen molar-refractivity contribution < 1.29 is 14.7 Å². The van der Waals surface area contributed by atoms with Crippen molar-refractivity contribution in [2.75, 3.05) is 12.3 Å². The first-order valence-electron chi connectivity index (χ1n) is 5.86. The number of amides is 1. The Bertz CT molecular complexity index is 454. The first-order valence-corrected chi connectivity index (χ1v) is 7.72. The highest BCUT2D eigenvalue weighted by molar-refractivity contribution is 8.00. The summed E-state index contributed by atoms with van der Waals surface area (Å²) in [5.74, 6) is -0.375. The van der Waals surface area contributed by atoms with Gasteiger partial charge in [-0.05, 0) is 25.8 Å². The third kappa shape index (κ3) is 3.26. The van der Waals surface area contributed by atoms with E-state index in [-0.39, 0.29) is 5.91 Å². The Kier molecular flexibility index (Phi) is 4.29. The monoisotopic (exact) mass is 285 g/mol. The summed E-state index contributed by atoms with van der Waals surface area (Å²) >= 11 is 2.61. The van der Waals surface area contributed by atoms with Crippen molar-refractivity contribution in [1.29, 1.82) is 0 Å². The number of aromatic carboxylic acids is 1. The topological polar surface area (TPSA) is 57.6 Å². The molecule has 0 saturated heterocycles. The van der Waals surface area contributed by atoms with E-state index < -0.39 is 5.97 Å². The molecule has 1 saturated carbocycles. The Morgan fingerprint density at radius 2 is 2.28 bits per heavy atom. The Morgan fingerprint density at radius 3 is 2.78 bits per heavy atom. The molecule has 0 spiro atoms. The average Bonchev–Trinajstić information content (AvgIpc) is 3.05. The van der Waals surface area contributed by atoms with Gasteiger partial charge in [-0.25, -0.2) is 4.79 Å². The molecule has 98 valence electrons. The number of carboxylic acids is 1. The fourth-order valence-electron chi connectivity index (χ4n) is 1.76. The van der Waals surface area contributed by atoms with Crippen LogP contribution in [0.4, 0.5) is 0 Å². The van der Waals surface area contributed by atoms with E-state index in [0.717, 1.165) is 24.3 Å². The number of thiophene rings is 1. The van der Waals surface area contributed by atoms with Crippen LogP contribution in [0.3, 0.4) is 0 Å². The van der Waals surface area contributed by atoms with Crippen molar-refractivity contribution in [3.05, 3.63) is 16.3 Å². The van der Waals surface area contributed by atoms with Crippen LogP contribution in [0.15, 0.2) is 16.3 Å². The first kappa shape index (κ1) is 13.4. The number of carbonyl (C=O) groups is 2. The third-order valence-electron chi connectivity index (χ3n) is 2.80. The van der Waals surface area contributed by atoms with Crippen molar-refractivity contribution in [2.45, 2.75) is 30.7 Å². The van der Waals surface area contributed by atoms with Crippen LogP contribution < -0.4 is 0 Å². The molecule has 2 rings (SSSR count). The van der Waals surface area contributed by atoms with Gasteiger partial charge in [0.05, 0.1) is 5.75 Å². The average molecular weight is 285 g/mol. The van der Waals surface area contributed by atoms with Crippen molar-refractivity contribution in [3.8, 4) is 0 Å². The van der Waals surface area contributed by atoms with Gasteiger partial charge in [0.2, 0.25) is 5.91 Å². The second-order valence-electron chi connectivity index (χ2n) is 4.15. The maximum Gasteiger partial charge on any atom is 0.345 e. The van der Waals surface area contributed by atoms with Gasteiger partial charge >= 0.3 is 5.97 Å². The molecular weight excluding hydrogens is 270 g/mol. The lowest BCUT2D eigenvalue weighted by Crippen LogP contribution is -2.34. The fraction of sp³-hybridized carbons (Fsp3) is 0.500. The number of hydrogen-bond donors (Lipinski definition) is 1.